The van der Waals surface area contributed by atoms with E-state index < -0.39 is 16.9 Å². The van der Waals surface area contributed by atoms with E-state index in [1.54, 1.807) is 7.11 Å². The van der Waals surface area contributed by atoms with Gasteiger partial charge in [-0.2, -0.15) is 0 Å². The van der Waals surface area contributed by atoms with Gasteiger partial charge in [-0.3, -0.25) is 9.59 Å². The summed E-state index contributed by atoms with van der Waals surface area (Å²) in [5.41, 5.74) is -0.381. The Morgan fingerprint density at radius 2 is 1.69 bits per heavy atom. The van der Waals surface area contributed by atoms with E-state index in [-0.39, 0.29) is 17.7 Å². The van der Waals surface area contributed by atoms with Gasteiger partial charge in [-0.25, -0.2) is 0 Å². The normalized spacial score (nSPS) is 26.0. The van der Waals surface area contributed by atoms with Gasteiger partial charge >= 0.3 is 5.97 Å². The Kier molecular flexibility index (Phi) is 4.76. The van der Waals surface area contributed by atoms with Gasteiger partial charge in [0.1, 0.15) is 5.75 Å². The molecule has 0 spiro atoms. The third kappa shape index (κ3) is 3.19. The van der Waals surface area contributed by atoms with Crippen molar-refractivity contribution in [2.45, 2.75) is 69.7 Å². The lowest BCUT2D eigenvalue weighted by molar-refractivity contribution is -0.140. The fraction of sp³-hybridized carbons (Fsp3) is 0.619. The van der Waals surface area contributed by atoms with Crippen molar-refractivity contribution in [2.24, 2.45) is 5.41 Å². The van der Waals surface area contributed by atoms with E-state index in [4.69, 9.17) is 4.74 Å². The van der Waals surface area contributed by atoms with Gasteiger partial charge in [-0.05, 0) is 42.4 Å². The maximum absolute atomic E-state index is 13.4. The van der Waals surface area contributed by atoms with Crippen LogP contribution in [0.5, 0.6) is 5.75 Å². The highest BCUT2D eigenvalue weighted by atomic mass is 16.5. The molecule has 1 aromatic rings. The number of carbonyl (C=O) groups excluding carboxylic acids is 1. The van der Waals surface area contributed by atoms with Crippen LogP contribution in [0.25, 0.3) is 0 Å². The maximum Gasteiger partial charge on any atom is 0.305 e. The van der Waals surface area contributed by atoms with Crippen molar-refractivity contribution < 1.29 is 19.4 Å². The summed E-state index contributed by atoms with van der Waals surface area (Å²) in [5.74, 6) is -0.117. The molecule has 2 N–H and O–H groups in total. The highest BCUT2D eigenvalue weighted by Gasteiger charge is 2.67. The summed E-state index contributed by atoms with van der Waals surface area (Å²) in [5, 5.41) is 12.6. The van der Waals surface area contributed by atoms with Crippen LogP contribution in [0.1, 0.15) is 64.4 Å². The molecule has 2 aliphatic rings. The molecule has 2 aliphatic carbocycles. The number of amides is 1. The van der Waals surface area contributed by atoms with E-state index >= 15 is 0 Å². The first-order valence-electron chi connectivity index (χ1n) is 9.44. The summed E-state index contributed by atoms with van der Waals surface area (Å²) in [4.78, 5) is 24.8. The smallest absolute Gasteiger partial charge is 0.305 e. The highest BCUT2D eigenvalue weighted by molar-refractivity contribution is 5.94. The van der Waals surface area contributed by atoms with Crippen molar-refractivity contribution in [1.82, 2.24) is 5.32 Å². The fourth-order valence-corrected chi connectivity index (χ4v) is 4.72. The lowest BCUT2D eigenvalue weighted by Crippen LogP contribution is -2.54. The molecule has 0 radical (unpaired) electrons. The first-order valence-corrected chi connectivity index (χ1v) is 9.44. The molecule has 0 aliphatic heterocycles. The van der Waals surface area contributed by atoms with Crippen LogP contribution >= 0.6 is 0 Å². The molecule has 0 saturated heterocycles. The number of rotatable bonds is 6. The van der Waals surface area contributed by atoms with E-state index in [2.05, 4.69) is 19.2 Å². The van der Waals surface area contributed by atoms with Gasteiger partial charge in [0.05, 0.1) is 24.5 Å². The fourth-order valence-electron chi connectivity index (χ4n) is 4.72. The number of carboxylic acid groups (broad SMARTS) is 1. The Balaban J connectivity index is 1.88. The van der Waals surface area contributed by atoms with Crippen LogP contribution in [0, 0.1) is 5.41 Å². The van der Waals surface area contributed by atoms with Crippen molar-refractivity contribution in [2.75, 3.05) is 7.11 Å². The van der Waals surface area contributed by atoms with Crippen molar-refractivity contribution in [3.63, 3.8) is 0 Å². The molecule has 0 unspecified atom stereocenters. The van der Waals surface area contributed by atoms with Gasteiger partial charge in [-0.1, -0.05) is 45.2 Å². The minimum absolute atomic E-state index is 0.00212. The lowest BCUT2D eigenvalue weighted by Gasteiger charge is -2.38. The Morgan fingerprint density at radius 3 is 2.15 bits per heavy atom. The number of benzene rings is 1. The van der Waals surface area contributed by atoms with Crippen LogP contribution < -0.4 is 10.1 Å². The number of aliphatic carboxylic acids is 1. The maximum atomic E-state index is 13.4. The van der Waals surface area contributed by atoms with Gasteiger partial charge < -0.3 is 15.2 Å². The standard InChI is InChI=1S/C21H29NO4/c1-19(2)14-21(19,15-7-9-16(26-3)10-8-15)18(25)22-20(13-17(23)24)11-5-4-6-12-20/h7-10H,4-6,11-14H2,1-3H3,(H,22,25)(H,23,24)/t21-/m1/s1. The predicted octanol–water partition coefficient (Wildman–Crippen LogP) is 3.66. The van der Waals surface area contributed by atoms with Crippen molar-refractivity contribution in [3.8, 4) is 5.75 Å². The van der Waals surface area contributed by atoms with Gasteiger partial charge in [0, 0.05) is 0 Å². The number of ether oxygens (including phenoxy) is 1. The Bertz CT molecular complexity index is 688. The molecule has 1 amide bonds. The molecular weight excluding hydrogens is 330 g/mol. The average molecular weight is 359 g/mol. The quantitative estimate of drug-likeness (QED) is 0.813. The highest BCUT2D eigenvalue weighted by Crippen LogP contribution is 2.64. The molecule has 0 heterocycles. The Hall–Kier alpha value is -2.04. The van der Waals surface area contributed by atoms with Crippen LogP contribution in [0.2, 0.25) is 0 Å². The van der Waals surface area contributed by atoms with Crippen molar-refractivity contribution in [1.29, 1.82) is 0 Å². The molecule has 2 fully saturated rings. The van der Waals surface area contributed by atoms with E-state index in [1.165, 1.54) is 0 Å². The first kappa shape index (κ1) is 18.7. The number of carbonyl (C=O) groups is 2. The van der Waals surface area contributed by atoms with E-state index in [0.29, 0.717) is 0 Å². The van der Waals surface area contributed by atoms with Crippen molar-refractivity contribution >= 4 is 11.9 Å². The summed E-state index contributed by atoms with van der Waals surface area (Å²) >= 11 is 0. The monoisotopic (exact) mass is 359 g/mol. The topological polar surface area (TPSA) is 75.6 Å². The van der Waals surface area contributed by atoms with Crippen LogP contribution in [0.4, 0.5) is 0 Å². The van der Waals surface area contributed by atoms with Gasteiger partial charge in [-0.15, -0.1) is 0 Å². The summed E-state index contributed by atoms with van der Waals surface area (Å²) in [6, 6.07) is 7.68. The van der Waals surface area contributed by atoms with Gasteiger partial charge in [0.15, 0.2) is 0 Å². The van der Waals surface area contributed by atoms with Crippen LogP contribution in [-0.2, 0) is 15.0 Å². The van der Waals surface area contributed by atoms with Crippen molar-refractivity contribution in [3.05, 3.63) is 29.8 Å². The molecule has 2 saturated carbocycles. The molecular formula is C21H29NO4. The third-order valence-corrected chi connectivity index (χ3v) is 6.39. The number of nitrogens with one attached hydrogen (secondary N) is 1. The zero-order chi connectivity index (χ0) is 19.0. The molecule has 1 aromatic carbocycles. The number of hydrogen-bond donors (Lipinski definition) is 2. The van der Waals surface area contributed by atoms with Crippen LogP contribution in [-0.4, -0.2) is 29.6 Å². The molecule has 26 heavy (non-hydrogen) atoms. The second kappa shape index (κ2) is 6.60. The minimum Gasteiger partial charge on any atom is -0.497 e. The van der Waals surface area contributed by atoms with Gasteiger partial charge in [0.25, 0.3) is 0 Å². The summed E-state index contributed by atoms with van der Waals surface area (Å²) in [6.07, 6.45) is 5.28. The third-order valence-electron chi connectivity index (χ3n) is 6.39. The van der Waals surface area contributed by atoms with Crippen LogP contribution in [0.3, 0.4) is 0 Å². The SMILES string of the molecule is COc1ccc([C@@]2(C(=O)NC3(CC(=O)O)CCCCC3)CC2(C)C)cc1. The molecule has 1 atom stereocenters. The molecule has 0 aromatic heterocycles. The molecule has 0 bridgehead atoms. The zero-order valence-electron chi connectivity index (χ0n) is 15.9. The van der Waals surface area contributed by atoms with E-state index in [1.807, 2.05) is 24.3 Å². The molecule has 5 heteroatoms. The Morgan fingerprint density at radius 1 is 1.12 bits per heavy atom. The molecule has 3 rings (SSSR count). The van der Waals surface area contributed by atoms with E-state index in [9.17, 15) is 14.7 Å². The number of methoxy groups -OCH3 is 1. The number of hydrogen-bond acceptors (Lipinski definition) is 3. The second-order valence-corrected chi connectivity index (χ2v) is 8.56. The summed E-state index contributed by atoms with van der Waals surface area (Å²) in [7, 11) is 1.62. The first-order chi connectivity index (χ1) is 12.2. The predicted molar refractivity (Wildman–Crippen MR) is 99.3 cm³/mol. The largest absolute Gasteiger partial charge is 0.497 e. The summed E-state index contributed by atoms with van der Waals surface area (Å²) < 4.78 is 5.23. The summed E-state index contributed by atoms with van der Waals surface area (Å²) in [6.45, 7) is 4.20. The second-order valence-electron chi connectivity index (χ2n) is 8.56. The lowest BCUT2D eigenvalue weighted by atomic mass is 9.77. The molecule has 5 nitrogen and oxygen atoms in total. The minimum atomic E-state index is -0.847. The zero-order valence-corrected chi connectivity index (χ0v) is 15.9. The van der Waals surface area contributed by atoms with Gasteiger partial charge in [0.2, 0.25) is 5.91 Å². The molecule has 142 valence electrons. The Labute approximate surface area is 155 Å². The average Bonchev–Trinajstić information content (AvgIpc) is 3.19. The van der Waals surface area contributed by atoms with E-state index in [0.717, 1.165) is 49.8 Å². The number of carboxylic acids is 1. The van der Waals surface area contributed by atoms with Crippen LogP contribution in [0.15, 0.2) is 24.3 Å².